The van der Waals surface area contributed by atoms with Gasteiger partial charge in [0.15, 0.2) is 0 Å². The predicted octanol–water partition coefficient (Wildman–Crippen LogP) is 4.16. The lowest BCUT2D eigenvalue weighted by atomic mass is 10.0. The number of pyridine rings is 1. The number of nitrogens with zero attached hydrogens (tertiary/aromatic N) is 1. The van der Waals surface area contributed by atoms with Crippen LogP contribution in [0.25, 0.3) is 6.08 Å². The van der Waals surface area contributed by atoms with Crippen LogP contribution in [-0.4, -0.2) is 42.9 Å². The molecule has 1 aliphatic carbocycles. The van der Waals surface area contributed by atoms with E-state index in [1.807, 2.05) is 6.08 Å². The smallest absolute Gasteiger partial charge is 0.355 e. The summed E-state index contributed by atoms with van der Waals surface area (Å²) in [5.74, 6) is 0.260. The van der Waals surface area contributed by atoms with Crippen LogP contribution in [0.3, 0.4) is 0 Å². The van der Waals surface area contributed by atoms with Gasteiger partial charge in [0.2, 0.25) is 15.9 Å². The van der Waals surface area contributed by atoms with E-state index in [0.717, 1.165) is 11.6 Å². The van der Waals surface area contributed by atoms with Gasteiger partial charge in [-0.25, -0.2) is 18.1 Å². The molecule has 0 aliphatic heterocycles. The molecule has 2 N–H and O–H groups in total. The van der Waals surface area contributed by atoms with Gasteiger partial charge in [-0.2, -0.15) is 13.2 Å². The van der Waals surface area contributed by atoms with Crippen LogP contribution in [-0.2, 0) is 27.4 Å². The number of unbranched alkanes of at least 4 members (excludes halogenated alkanes) is 1. The summed E-state index contributed by atoms with van der Waals surface area (Å²) in [7, 11) is -3.39. The van der Waals surface area contributed by atoms with E-state index in [1.54, 1.807) is 26.8 Å². The molecule has 180 valence electrons. The number of aryl methyl sites for hydroxylation is 1. The second kappa shape index (κ2) is 11.0. The first-order valence-electron chi connectivity index (χ1n) is 10.5. The molecule has 0 unspecified atom stereocenters. The van der Waals surface area contributed by atoms with E-state index in [4.69, 9.17) is 0 Å². The molecule has 32 heavy (non-hydrogen) atoms. The van der Waals surface area contributed by atoms with Crippen molar-refractivity contribution in [2.45, 2.75) is 68.7 Å². The number of aromatic nitrogens is 1. The third kappa shape index (κ3) is 7.77. The van der Waals surface area contributed by atoms with Gasteiger partial charge >= 0.3 is 6.18 Å². The van der Waals surface area contributed by atoms with Crippen molar-refractivity contribution in [2.75, 3.05) is 18.8 Å². The Labute approximate surface area is 191 Å². The second-order valence-corrected chi connectivity index (χ2v) is 12.1. The second-order valence-electron chi connectivity index (χ2n) is 8.47. The summed E-state index contributed by atoms with van der Waals surface area (Å²) in [5.41, 5.74) is 0.286. The summed E-state index contributed by atoms with van der Waals surface area (Å²) in [4.78, 5) is 16.3. The van der Waals surface area contributed by atoms with Gasteiger partial charge in [0.1, 0.15) is 5.69 Å². The highest BCUT2D eigenvalue weighted by Gasteiger charge is 2.34. The van der Waals surface area contributed by atoms with Crippen molar-refractivity contribution in [3.8, 4) is 0 Å². The van der Waals surface area contributed by atoms with Crippen molar-refractivity contribution in [1.82, 2.24) is 15.0 Å². The van der Waals surface area contributed by atoms with E-state index < -0.39 is 26.6 Å². The Morgan fingerprint density at radius 3 is 2.56 bits per heavy atom. The number of sulfonamides is 1. The van der Waals surface area contributed by atoms with Crippen LogP contribution in [0.4, 0.5) is 13.2 Å². The molecule has 11 heteroatoms. The molecule has 0 aromatic carbocycles. The van der Waals surface area contributed by atoms with Crippen molar-refractivity contribution in [1.29, 1.82) is 0 Å². The fraction of sp³-hybridized carbons (Fsp3) is 0.619. The number of fused-ring (bicyclic) bond motifs is 1. The highest BCUT2D eigenvalue weighted by Crippen LogP contribution is 2.35. The summed E-state index contributed by atoms with van der Waals surface area (Å²) in [5, 5.41) is 2.75. The number of hydrogen-bond donors (Lipinski definition) is 2. The Bertz CT molecular complexity index is 940. The van der Waals surface area contributed by atoms with Gasteiger partial charge in [-0.1, -0.05) is 12.2 Å². The quantitative estimate of drug-likeness (QED) is 0.378. The number of thioether (sulfide) groups is 1. The molecule has 6 nitrogen and oxygen atoms in total. The molecule has 0 fully saturated rings. The molecule has 0 saturated carbocycles. The van der Waals surface area contributed by atoms with Crippen LogP contribution in [0.2, 0.25) is 0 Å². The zero-order valence-corrected chi connectivity index (χ0v) is 20.1. The van der Waals surface area contributed by atoms with Gasteiger partial charge in [0.05, 0.1) is 4.75 Å². The first kappa shape index (κ1) is 26.7. The van der Waals surface area contributed by atoms with Crippen LogP contribution in [0, 0.1) is 0 Å². The molecular formula is C21H30F3N3O3S2. The number of halogens is 3. The third-order valence-electron chi connectivity index (χ3n) is 4.83. The molecule has 2 rings (SSSR count). The maximum atomic E-state index is 13.1. The van der Waals surface area contributed by atoms with Crippen LogP contribution in [0.1, 0.15) is 63.4 Å². The molecule has 0 bridgehead atoms. The van der Waals surface area contributed by atoms with Gasteiger partial charge in [-0.15, -0.1) is 11.8 Å². The topological polar surface area (TPSA) is 88.2 Å². The monoisotopic (exact) mass is 493 g/mol. The molecule has 0 radical (unpaired) electrons. The normalized spacial score (nSPS) is 14.3. The highest BCUT2D eigenvalue weighted by atomic mass is 32.2. The Balaban J connectivity index is 1.75. The predicted molar refractivity (Wildman–Crippen MR) is 121 cm³/mol. The molecule has 0 atom stereocenters. The van der Waals surface area contributed by atoms with Gasteiger partial charge < -0.3 is 5.32 Å². The van der Waals surface area contributed by atoms with E-state index in [0.29, 0.717) is 48.6 Å². The fourth-order valence-corrected chi connectivity index (χ4v) is 4.72. The minimum Gasteiger partial charge on any atom is -0.355 e. The number of rotatable bonds is 10. The number of amides is 1. The lowest BCUT2D eigenvalue weighted by Crippen LogP contribution is -2.39. The molecule has 1 aliphatic rings. The maximum absolute atomic E-state index is 13.1. The summed E-state index contributed by atoms with van der Waals surface area (Å²) in [6, 6.07) is 1.07. The van der Waals surface area contributed by atoms with Crippen molar-refractivity contribution >= 4 is 33.8 Å². The van der Waals surface area contributed by atoms with Crippen LogP contribution >= 0.6 is 11.8 Å². The Morgan fingerprint density at radius 1 is 1.19 bits per heavy atom. The highest BCUT2D eigenvalue weighted by molar-refractivity contribution is 7.99. The molecule has 1 amide bonds. The first-order chi connectivity index (χ1) is 14.8. The van der Waals surface area contributed by atoms with E-state index in [2.05, 4.69) is 15.0 Å². The summed E-state index contributed by atoms with van der Waals surface area (Å²) < 4.78 is 65.0. The Hall–Kier alpha value is -1.59. The third-order valence-corrected chi connectivity index (χ3v) is 8.09. The van der Waals surface area contributed by atoms with Gasteiger partial charge in [0.25, 0.3) is 0 Å². The lowest BCUT2D eigenvalue weighted by molar-refractivity contribution is -0.141. The standard InChI is InChI=1S/C21H30F3N3O3S2/c1-20(2,3)32(29,30)26-11-7-6-10-19(28)25-12-13-31-17-14-18(21(22,23)24)27-16-9-5-4-8-15(16)17/h4,8,14,26H,5-7,9-13H2,1-3H3,(H,25,28). The number of alkyl halides is 3. The first-order valence-corrected chi connectivity index (χ1v) is 12.9. The fourth-order valence-electron chi connectivity index (χ4n) is 2.91. The van der Waals surface area contributed by atoms with Crippen LogP contribution in [0.15, 0.2) is 17.0 Å². The Kier molecular flexibility index (Phi) is 9.18. The van der Waals surface area contributed by atoms with Gasteiger partial charge in [0, 0.05) is 41.4 Å². The van der Waals surface area contributed by atoms with Crippen molar-refractivity contribution in [2.24, 2.45) is 0 Å². The number of carbonyl (C=O) groups excluding carboxylic acids is 1. The van der Waals surface area contributed by atoms with Crippen LogP contribution in [0.5, 0.6) is 0 Å². The number of hydrogen-bond acceptors (Lipinski definition) is 5. The Morgan fingerprint density at radius 2 is 1.91 bits per heavy atom. The zero-order chi connectivity index (χ0) is 24.0. The average molecular weight is 494 g/mol. The molecule has 1 heterocycles. The maximum Gasteiger partial charge on any atom is 0.433 e. The number of allylic oxidation sites excluding steroid dienone is 1. The van der Waals surface area contributed by atoms with E-state index in [-0.39, 0.29) is 18.9 Å². The SMILES string of the molecule is CC(C)(C)S(=O)(=O)NCCCCC(=O)NCCSc1cc(C(F)(F)F)nc2c1C=CCC2. The molecule has 0 saturated heterocycles. The van der Waals surface area contributed by atoms with Crippen LogP contribution < -0.4 is 10.0 Å². The molecule has 1 aromatic heterocycles. The number of nitrogens with one attached hydrogen (secondary N) is 2. The lowest BCUT2D eigenvalue weighted by Gasteiger charge is -2.19. The number of carbonyl (C=O) groups is 1. The molecule has 0 spiro atoms. The molecule has 1 aromatic rings. The average Bonchev–Trinajstić information content (AvgIpc) is 2.69. The van der Waals surface area contributed by atoms with Crippen molar-refractivity contribution in [3.05, 3.63) is 29.1 Å². The van der Waals surface area contributed by atoms with Crippen molar-refractivity contribution < 1.29 is 26.4 Å². The van der Waals surface area contributed by atoms with Gasteiger partial charge in [-0.05, 0) is 52.5 Å². The summed E-state index contributed by atoms with van der Waals surface area (Å²) in [6.45, 7) is 5.43. The van der Waals surface area contributed by atoms with Crippen molar-refractivity contribution in [3.63, 3.8) is 0 Å². The summed E-state index contributed by atoms with van der Waals surface area (Å²) >= 11 is 1.26. The minimum absolute atomic E-state index is 0.170. The molecular weight excluding hydrogens is 463 g/mol. The van der Waals surface area contributed by atoms with E-state index in [1.165, 1.54) is 11.8 Å². The largest absolute Gasteiger partial charge is 0.433 e. The van der Waals surface area contributed by atoms with E-state index in [9.17, 15) is 26.4 Å². The van der Waals surface area contributed by atoms with E-state index >= 15 is 0 Å². The zero-order valence-electron chi connectivity index (χ0n) is 18.5. The van der Waals surface area contributed by atoms with Gasteiger partial charge in [-0.3, -0.25) is 4.79 Å². The summed E-state index contributed by atoms with van der Waals surface area (Å²) in [6.07, 6.45) is 1.70. The minimum atomic E-state index is -4.50.